The Hall–Kier alpha value is -2.54. The van der Waals surface area contributed by atoms with Crippen LogP contribution in [0, 0.1) is 0 Å². The third-order valence-corrected chi connectivity index (χ3v) is 6.38. The molecule has 0 spiro atoms. The molecule has 1 amide bonds. The molecule has 2 aliphatic rings. The second-order valence-electron chi connectivity index (χ2n) is 8.85. The van der Waals surface area contributed by atoms with Crippen LogP contribution in [-0.2, 0) is 11.2 Å². The minimum atomic E-state index is -0.142. The lowest BCUT2D eigenvalue weighted by Gasteiger charge is -2.27. The molecule has 0 radical (unpaired) electrons. The summed E-state index contributed by atoms with van der Waals surface area (Å²) in [5.41, 5.74) is 2.20. The number of carbonyl (C=O) groups is 1. The third-order valence-electron chi connectivity index (χ3n) is 6.14. The number of fused-ring (bicyclic) bond motifs is 1. The van der Waals surface area contributed by atoms with E-state index < -0.39 is 0 Å². The summed E-state index contributed by atoms with van der Waals surface area (Å²) in [6.07, 6.45) is 3.49. The van der Waals surface area contributed by atoms with Gasteiger partial charge in [0.25, 0.3) is 0 Å². The van der Waals surface area contributed by atoms with Gasteiger partial charge in [0.2, 0.25) is 12.7 Å². The highest BCUT2D eigenvalue weighted by atomic mass is 35.5. The van der Waals surface area contributed by atoms with Gasteiger partial charge in [-0.25, -0.2) is 0 Å². The number of halogens is 1. The minimum Gasteiger partial charge on any atom is -0.454 e. The van der Waals surface area contributed by atoms with E-state index in [9.17, 15) is 4.79 Å². The smallest absolute Gasteiger partial charge is 0.237 e. The standard InChI is InChI=1S/C26H32ClN3O3/c1-18(2)30-16-22(29-15-21(27)12-19-6-4-3-5-7-19)14-23(30)26(31)28-11-10-20-8-9-24-25(13-20)33-17-32-24/h3-9,12-13,18,22-23,29H,10-11,14-17H2,1-2H3,(H,28,31)/b21-12-/t22-,23+/m1/s1. The van der Waals surface area contributed by atoms with Crippen LogP contribution < -0.4 is 20.1 Å². The number of benzene rings is 2. The molecule has 6 nitrogen and oxygen atoms in total. The molecule has 1 fully saturated rings. The summed E-state index contributed by atoms with van der Waals surface area (Å²) >= 11 is 6.44. The van der Waals surface area contributed by atoms with Crippen molar-refractivity contribution in [3.63, 3.8) is 0 Å². The lowest BCUT2D eigenvalue weighted by Crippen LogP contribution is -2.46. The first-order chi connectivity index (χ1) is 16.0. The van der Waals surface area contributed by atoms with Gasteiger partial charge in [0.15, 0.2) is 11.5 Å². The number of carbonyl (C=O) groups excluding carboxylic acids is 1. The maximum absolute atomic E-state index is 13.0. The van der Waals surface area contributed by atoms with Crippen molar-refractivity contribution in [3.8, 4) is 11.5 Å². The lowest BCUT2D eigenvalue weighted by atomic mass is 10.1. The molecular formula is C26H32ClN3O3. The largest absolute Gasteiger partial charge is 0.454 e. The zero-order valence-electron chi connectivity index (χ0n) is 19.2. The van der Waals surface area contributed by atoms with Crippen LogP contribution in [-0.4, -0.2) is 55.4 Å². The van der Waals surface area contributed by atoms with Crippen LogP contribution in [0.2, 0.25) is 0 Å². The highest BCUT2D eigenvalue weighted by Crippen LogP contribution is 2.32. The number of nitrogens with zero attached hydrogens (tertiary/aromatic N) is 1. The fourth-order valence-electron chi connectivity index (χ4n) is 4.40. The van der Waals surface area contributed by atoms with Gasteiger partial charge in [0.05, 0.1) is 6.04 Å². The first kappa shape index (κ1) is 23.6. The predicted octanol–water partition coefficient (Wildman–Crippen LogP) is 3.79. The summed E-state index contributed by atoms with van der Waals surface area (Å²) < 4.78 is 10.8. The summed E-state index contributed by atoms with van der Waals surface area (Å²) in [5, 5.41) is 7.41. The zero-order chi connectivity index (χ0) is 23.2. The maximum Gasteiger partial charge on any atom is 0.237 e. The molecule has 2 N–H and O–H groups in total. The van der Waals surface area contributed by atoms with E-state index >= 15 is 0 Å². The minimum absolute atomic E-state index is 0.0830. The van der Waals surface area contributed by atoms with Crippen molar-refractivity contribution in [2.75, 3.05) is 26.4 Å². The lowest BCUT2D eigenvalue weighted by molar-refractivity contribution is -0.126. The number of rotatable bonds is 9. The summed E-state index contributed by atoms with van der Waals surface area (Å²) in [5.74, 6) is 1.63. The van der Waals surface area contributed by atoms with Gasteiger partial charge in [0.1, 0.15) is 0 Å². The summed E-state index contributed by atoms with van der Waals surface area (Å²) in [7, 11) is 0. The van der Waals surface area contributed by atoms with E-state index in [0.29, 0.717) is 13.1 Å². The second-order valence-corrected chi connectivity index (χ2v) is 9.34. The molecule has 0 aliphatic carbocycles. The van der Waals surface area contributed by atoms with Crippen molar-refractivity contribution < 1.29 is 14.3 Å². The van der Waals surface area contributed by atoms with Crippen LogP contribution in [0.3, 0.4) is 0 Å². The zero-order valence-corrected chi connectivity index (χ0v) is 20.0. The molecule has 1 saturated heterocycles. The molecule has 2 atom stereocenters. The van der Waals surface area contributed by atoms with Crippen LogP contribution in [0.4, 0.5) is 0 Å². The molecule has 2 aromatic rings. The Bertz CT molecular complexity index is 980. The van der Waals surface area contributed by atoms with E-state index in [1.54, 1.807) is 0 Å². The van der Waals surface area contributed by atoms with Gasteiger partial charge in [-0.05, 0) is 56.0 Å². The van der Waals surface area contributed by atoms with Gasteiger partial charge in [-0.1, -0.05) is 48.0 Å². The van der Waals surface area contributed by atoms with Gasteiger partial charge in [0, 0.05) is 36.8 Å². The van der Waals surface area contributed by atoms with E-state index in [0.717, 1.165) is 47.0 Å². The molecule has 33 heavy (non-hydrogen) atoms. The number of hydrogen-bond acceptors (Lipinski definition) is 5. The molecule has 0 unspecified atom stereocenters. The highest BCUT2D eigenvalue weighted by molar-refractivity contribution is 6.31. The van der Waals surface area contributed by atoms with Gasteiger partial charge < -0.3 is 20.1 Å². The number of ether oxygens (including phenoxy) is 2. The Kier molecular flexibility index (Phi) is 7.91. The molecule has 7 heteroatoms. The number of nitrogens with one attached hydrogen (secondary N) is 2. The van der Waals surface area contributed by atoms with E-state index in [1.807, 2.05) is 54.6 Å². The molecule has 0 aromatic heterocycles. The first-order valence-electron chi connectivity index (χ1n) is 11.6. The average molecular weight is 470 g/mol. The number of hydrogen-bond donors (Lipinski definition) is 2. The van der Waals surface area contributed by atoms with Gasteiger partial charge in [-0.2, -0.15) is 0 Å². The first-order valence-corrected chi connectivity index (χ1v) is 11.9. The van der Waals surface area contributed by atoms with Gasteiger partial charge >= 0.3 is 0 Å². The third kappa shape index (κ3) is 6.28. The molecule has 0 bridgehead atoms. The fraction of sp³-hybridized carbons (Fsp3) is 0.423. The Morgan fingerprint density at radius 2 is 1.97 bits per heavy atom. The molecule has 2 heterocycles. The van der Waals surface area contributed by atoms with Crippen LogP contribution in [0.25, 0.3) is 6.08 Å². The predicted molar refractivity (Wildman–Crippen MR) is 132 cm³/mol. The molecule has 176 valence electrons. The molecule has 2 aliphatic heterocycles. The van der Waals surface area contributed by atoms with E-state index in [1.165, 1.54) is 0 Å². The van der Waals surface area contributed by atoms with Crippen molar-refractivity contribution in [1.82, 2.24) is 15.5 Å². The van der Waals surface area contributed by atoms with Gasteiger partial charge in [-0.3, -0.25) is 9.69 Å². The Labute approximate surface area is 200 Å². The highest BCUT2D eigenvalue weighted by Gasteiger charge is 2.37. The molecule has 2 aromatic carbocycles. The van der Waals surface area contributed by atoms with Crippen molar-refractivity contribution in [1.29, 1.82) is 0 Å². The van der Waals surface area contributed by atoms with Crippen LogP contribution >= 0.6 is 11.6 Å². The van der Waals surface area contributed by atoms with Crippen LogP contribution in [0.1, 0.15) is 31.4 Å². The SMILES string of the molecule is CC(C)N1C[C@H](NC/C(Cl)=C/c2ccccc2)C[C@H]1C(=O)NCCc1ccc2c(c1)OCO2. The Balaban J connectivity index is 1.27. The topological polar surface area (TPSA) is 62.8 Å². The molecule has 0 saturated carbocycles. The van der Waals surface area contributed by atoms with E-state index in [4.69, 9.17) is 21.1 Å². The van der Waals surface area contributed by atoms with E-state index in [2.05, 4.69) is 29.4 Å². The van der Waals surface area contributed by atoms with Crippen molar-refractivity contribution in [2.24, 2.45) is 0 Å². The average Bonchev–Trinajstić information content (AvgIpc) is 3.45. The number of likely N-dealkylation sites (tertiary alicyclic amines) is 1. The van der Waals surface area contributed by atoms with Crippen molar-refractivity contribution >= 4 is 23.6 Å². The maximum atomic E-state index is 13.0. The van der Waals surface area contributed by atoms with Crippen LogP contribution in [0.15, 0.2) is 53.6 Å². The second kappa shape index (κ2) is 11.1. The molecule has 4 rings (SSSR count). The van der Waals surface area contributed by atoms with Crippen molar-refractivity contribution in [3.05, 3.63) is 64.7 Å². The normalized spacial score (nSPS) is 20.4. The number of amides is 1. The molecular weight excluding hydrogens is 438 g/mol. The Morgan fingerprint density at radius 3 is 2.76 bits per heavy atom. The van der Waals surface area contributed by atoms with Crippen LogP contribution in [0.5, 0.6) is 11.5 Å². The monoisotopic (exact) mass is 469 g/mol. The summed E-state index contributed by atoms with van der Waals surface area (Å²) in [6.45, 7) is 6.55. The Morgan fingerprint density at radius 1 is 1.18 bits per heavy atom. The van der Waals surface area contributed by atoms with Gasteiger partial charge in [-0.15, -0.1) is 0 Å². The van der Waals surface area contributed by atoms with E-state index in [-0.39, 0.29) is 30.8 Å². The summed E-state index contributed by atoms with van der Waals surface area (Å²) in [6, 6.07) is 16.3. The quantitative estimate of drug-likeness (QED) is 0.585. The fourth-order valence-corrected chi connectivity index (χ4v) is 4.61. The van der Waals surface area contributed by atoms with Crippen molar-refractivity contribution in [2.45, 2.75) is 44.8 Å². The summed E-state index contributed by atoms with van der Waals surface area (Å²) in [4.78, 5) is 15.3.